The molecule has 0 saturated carbocycles. The van der Waals surface area contributed by atoms with Gasteiger partial charge in [0, 0.05) is 23.6 Å². The lowest BCUT2D eigenvalue weighted by Crippen LogP contribution is -2.46. The van der Waals surface area contributed by atoms with Gasteiger partial charge in [0.05, 0.1) is 4.90 Å². The molecule has 0 aliphatic carbocycles. The van der Waals surface area contributed by atoms with E-state index in [2.05, 4.69) is 21.2 Å². The van der Waals surface area contributed by atoms with E-state index in [-0.39, 0.29) is 23.3 Å². The minimum absolute atomic E-state index is 0. The minimum atomic E-state index is -3.65. The van der Waals surface area contributed by atoms with Crippen molar-refractivity contribution < 1.29 is 12.8 Å². The van der Waals surface area contributed by atoms with Crippen molar-refractivity contribution in [1.29, 1.82) is 0 Å². The van der Waals surface area contributed by atoms with Gasteiger partial charge in [-0.05, 0) is 54.0 Å². The first-order valence-electron chi connectivity index (χ1n) is 6.07. The molecular weight excluding hydrogens is 371 g/mol. The first-order valence-corrected chi connectivity index (χ1v) is 8.31. The predicted octanol–water partition coefficient (Wildman–Crippen LogP) is 2.38. The number of halogens is 3. The third kappa shape index (κ3) is 3.71. The van der Waals surface area contributed by atoms with Gasteiger partial charge < -0.3 is 5.32 Å². The summed E-state index contributed by atoms with van der Waals surface area (Å²) in [7, 11) is -1.83. The highest BCUT2D eigenvalue weighted by atomic mass is 79.9. The summed E-state index contributed by atoms with van der Waals surface area (Å²) >= 11 is 3.18. The molecule has 1 aliphatic heterocycles. The Kier molecular flexibility index (Phi) is 6.40. The van der Waals surface area contributed by atoms with Crippen molar-refractivity contribution in [2.75, 3.05) is 20.1 Å². The maximum atomic E-state index is 13.3. The number of benzene rings is 1. The Labute approximate surface area is 133 Å². The van der Waals surface area contributed by atoms with Crippen LogP contribution in [0.15, 0.2) is 27.6 Å². The van der Waals surface area contributed by atoms with Crippen LogP contribution in [0.2, 0.25) is 0 Å². The Balaban J connectivity index is 0.00000200. The number of nitrogens with one attached hydrogen (secondary N) is 1. The second kappa shape index (κ2) is 7.17. The molecule has 0 aromatic heterocycles. The molecule has 8 heteroatoms. The number of hydrogen-bond donors (Lipinski definition) is 1. The number of rotatable bonds is 3. The molecule has 1 heterocycles. The van der Waals surface area contributed by atoms with Crippen LogP contribution < -0.4 is 5.32 Å². The predicted molar refractivity (Wildman–Crippen MR) is 82.2 cm³/mol. The van der Waals surface area contributed by atoms with Crippen LogP contribution in [0.1, 0.15) is 12.8 Å². The van der Waals surface area contributed by atoms with Crippen LogP contribution in [0.4, 0.5) is 4.39 Å². The monoisotopic (exact) mass is 386 g/mol. The Morgan fingerprint density at radius 2 is 2.15 bits per heavy atom. The molecule has 0 radical (unpaired) electrons. The number of piperidine rings is 1. The molecule has 2 rings (SSSR count). The van der Waals surface area contributed by atoms with E-state index in [4.69, 9.17) is 0 Å². The minimum Gasteiger partial charge on any atom is -0.316 e. The topological polar surface area (TPSA) is 49.4 Å². The fraction of sp³-hybridized carbons (Fsp3) is 0.500. The third-order valence-corrected chi connectivity index (χ3v) is 6.16. The summed E-state index contributed by atoms with van der Waals surface area (Å²) in [6.07, 6.45) is 1.75. The molecule has 1 atom stereocenters. The number of nitrogens with zero attached hydrogens (tertiary/aromatic N) is 1. The van der Waals surface area contributed by atoms with Gasteiger partial charge in [0.2, 0.25) is 10.0 Å². The first kappa shape index (κ1) is 17.8. The molecule has 0 amide bonds. The standard InChI is InChI=1S/C12H16BrFN2O2S.ClH/c1-15-10-3-2-6-16(8-10)19(17,18)12-7-9(14)4-5-11(12)13;/h4-5,7,10,15H,2-3,6,8H2,1H3;1H. The van der Waals surface area contributed by atoms with Crippen molar-refractivity contribution in [2.24, 2.45) is 0 Å². The number of sulfonamides is 1. The number of likely N-dealkylation sites (N-methyl/N-ethyl adjacent to an activating group) is 1. The lowest BCUT2D eigenvalue weighted by Gasteiger charge is -2.31. The van der Waals surface area contributed by atoms with Crippen molar-refractivity contribution in [3.63, 3.8) is 0 Å². The molecule has 1 unspecified atom stereocenters. The van der Waals surface area contributed by atoms with Crippen LogP contribution in [0.5, 0.6) is 0 Å². The van der Waals surface area contributed by atoms with Crippen molar-refractivity contribution in [2.45, 2.75) is 23.8 Å². The van der Waals surface area contributed by atoms with Crippen LogP contribution in [-0.2, 0) is 10.0 Å². The molecule has 1 fully saturated rings. The Bertz CT molecular complexity index is 571. The van der Waals surface area contributed by atoms with Crippen LogP contribution in [0.25, 0.3) is 0 Å². The van der Waals surface area contributed by atoms with Gasteiger partial charge in [-0.2, -0.15) is 4.31 Å². The summed E-state index contributed by atoms with van der Waals surface area (Å²) < 4.78 is 40.1. The van der Waals surface area contributed by atoms with Gasteiger partial charge in [-0.1, -0.05) is 0 Å². The zero-order chi connectivity index (χ0) is 14.0. The van der Waals surface area contributed by atoms with Crippen molar-refractivity contribution in [3.05, 3.63) is 28.5 Å². The van der Waals surface area contributed by atoms with E-state index in [9.17, 15) is 12.8 Å². The highest BCUT2D eigenvalue weighted by Gasteiger charge is 2.31. The van der Waals surface area contributed by atoms with E-state index in [1.54, 1.807) is 0 Å². The smallest absolute Gasteiger partial charge is 0.244 e. The van der Waals surface area contributed by atoms with Gasteiger partial charge in [0.1, 0.15) is 5.82 Å². The summed E-state index contributed by atoms with van der Waals surface area (Å²) in [6.45, 7) is 0.894. The summed E-state index contributed by atoms with van der Waals surface area (Å²) in [6, 6.07) is 3.86. The molecule has 20 heavy (non-hydrogen) atoms. The van der Waals surface area contributed by atoms with Gasteiger partial charge in [0.25, 0.3) is 0 Å². The van der Waals surface area contributed by atoms with Crippen LogP contribution in [0.3, 0.4) is 0 Å². The average Bonchev–Trinajstić information content (AvgIpc) is 2.41. The van der Waals surface area contributed by atoms with Gasteiger partial charge in [-0.25, -0.2) is 12.8 Å². The highest BCUT2D eigenvalue weighted by molar-refractivity contribution is 9.10. The average molecular weight is 388 g/mol. The second-order valence-corrected chi connectivity index (χ2v) is 7.33. The summed E-state index contributed by atoms with van der Waals surface area (Å²) in [5.74, 6) is -0.552. The SMILES string of the molecule is CNC1CCCN(S(=O)(=O)c2cc(F)ccc2Br)C1.Cl. The zero-order valence-corrected chi connectivity index (χ0v) is 14.2. The number of hydrogen-bond acceptors (Lipinski definition) is 3. The van der Waals surface area contributed by atoms with E-state index in [1.807, 2.05) is 7.05 Å². The fourth-order valence-corrected chi connectivity index (χ4v) is 4.67. The Morgan fingerprint density at radius 1 is 1.45 bits per heavy atom. The largest absolute Gasteiger partial charge is 0.316 e. The maximum Gasteiger partial charge on any atom is 0.244 e. The lowest BCUT2D eigenvalue weighted by atomic mass is 10.1. The normalized spacial score (nSPS) is 20.4. The second-order valence-electron chi connectivity index (χ2n) is 4.57. The van der Waals surface area contributed by atoms with Crippen molar-refractivity contribution >= 4 is 38.4 Å². The fourth-order valence-electron chi connectivity index (χ4n) is 2.21. The molecule has 4 nitrogen and oxygen atoms in total. The highest BCUT2D eigenvalue weighted by Crippen LogP contribution is 2.27. The lowest BCUT2D eigenvalue weighted by molar-refractivity contribution is 0.292. The van der Waals surface area contributed by atoms with E-state index < -0.39 is 15.8 Å². The molecule has 1 N–H and O–H groups in total. The van der Waals surface area contributed by atoms with Crippen LogP contribution >= 0.6 is 28.3 Å². The maximum absolute atomic E-state index is 13.3. The molecule has 114 valence electrons. The Hall–Kier alpha value is -0.210. The summed E-state index contributed by atoms with van der Waals surface area (Å²) in [4.78, 5) is -0.00995. The Morgan fingerprint density at radius 3 is 2.80 bits per heavy atom. The van der Waals surface area contributed by atoms with E-state index >= 15 is 0 Å². The van der Waals surface area contributed by atoms with Crippen LogP contribution in [-0.4, -0.2) is 38.9 Å². The van der Waals surface area contributed by atoms with E-state index in [1.165, 1.54) is 16.4 Å². The van der Waals surface area contributed by atoms with Crippen molar-refractivity contribution in [3.8, 4) is 0 Å². The summed E-state index contributed by atoms with van der Waals surface area (Å²) in [5.41, 5.74) is 0. The van der Waals surface area contributed by atoms with Gasteiger partial charge in [-0.3, -0.25) is 0 Å². The molecule has 1 saturated heterocycles. The van der Waals surface area contributed by atoms with Gasteiger partial charge in [0.15, 0.2) is 0 Å². The molecule has 0 spiro atoms. The zero-order valence-electron chi connectivity index (χ0n) is 11.0. The van der Waals surface area contributed by atoms with E-state index in [0.29, 0.717) is 17.6 Å². The van der Waals surface area contributed by atoms with E-state index in [0.717, 1.165) is 18.9 Å². The molecule has 0 bridgehead atoms. The molecule has 1 aliphatic rings. The molecule has 1 aromatic rings. The summed E-state index contributed by atoms with van der Waals surface area (Å²) in [5, 5.41) is 3.09. The van der Waals surface area contributed by atoms with Crippen LogP contribution in [0, 0.1) is 5.82 Å². The molecular formula is C12H17BrClFN2O2S. The first-order chi connectivity index (χ1) is 8.95. The van der Waals surface area contributed by atoms with Gasteiger partial charge in [-0.15, -0.1) is 12.4 Å². The van der Waals surface area contributed by atoms with Gasteiger partial charge >= 0.3 is 0 Å². The molecule has 1 aromatic carbocycles. The quantitative estimate of drug-likeness (QED) is 0.866. The third-order valence-electron chi connectivity index (χ3n) is 3.30. The van der Waals surface area contributed by atoms with Crippen molar-refractivity contribution in [1.82, 2.24) is 9.62 Å².